The molecule has 0 radical (unpaired) electrons. The van der Waals surface area contributed by atoms with Gasteiger partial charge in [-0.1, -0.05) is 12.1 Å². The van der Waals surface area contributed by atoms with E-state index < -0.39 is 0 Å². The number of pyridine rings is 1. The van der Waals surface area contributed by atoms with Crippen molar-refractivity contribution in [2.75, 3.05) is 20.1 Å². The van der Waals surface area contributed by atoms with Crippen molar-refractivity contribution in [3.05, 3.63) is 65.1 Å². The Labute approximate surface area is 168 Å². The van der Waals surface area contributed by atoms with Crippen molar-refractivity contribution in [1.29, 1.82) is 0 Å². The standard InChI is InChI=1S/C22H23N5O2/c1-23-22(29)19-9-13(21(28)27-20-16-10-24-11-17(16)20)8-14(26-19)7-12-3-2-4-18-15(12)5-6-25-18/h2-6,8-9,16-17,20,24-25H,7,10-11H2,1H3,(H,23,29)(H,27,28)/t16-,17+,20+. The summed E-state index contributed by atoms with van der Waals surface area (Å²) in [4.78, 5) is 32.8. The number of benzene rings is 1. The Balaban J connectivity index is 1.44. The Bertz CT molecular complexity index is 1100. The van der Waals surface area contributed by atoms with E-state index in [2.05, 4.69) is 25.9 Å². The van der Waals surface area contributed by atoms with Crippen molar-refractivity contribution in [3.8, 4) is 0 Å². The van der Waals surface area contributed by atoms with E-state index in [1.165, 1.54) is 0 Å². The van der Waals surface area contributed by atoms with Gasteiger partial charge >= 0.3 is 0 Å². The zero-order valence-corrected chi connectivity index (χ0v) is 16.2. The molecule has 1 saturated carbocycles. The van der Waals surface area contributed by atoms with Gasteiger partial charge in [-0.2, -0.15) is 0 Å². The first-order chi connectivity index (χ1) is 14.1. The van der Waals surface area contributed by atoms with Crippen molar-refractivity contribution in [3.63, 3.8) is 0 Å². The monoisotopic (exact) mass is 389 g/mol. The number of hydrogen-bond donors (Lipinski definition) is 4. The highest BCUT2D eigenvalue weighted by Gasteiger charge is 2.53. The minimum Gasteiger partial charge on any atom is -0.361 e. The summed E-state index contributed by atoms with van der Waals surface area (Å²) >= 11 is 0. The van der Waals surface area contributed by atoms with Gasteiger partial charge in [0, 0.05) is 61.0 Å². The molecule has 5 rings (SSSR count). The second-order valence-electron chi connectivity index (χ2n) is 7.83. The summed E-state index contributed by atoms with van der Waals surface area (Å²) in [6.07, 6.45) is 2.45. The third-order valence-corrected chi connectivity index (χ3v) is 6.05. The van der Waals surface area contributed by atoms with Gasteiger partial charge in [0.2, 0.25) is 0 Å². The second-order valence-corrected chi connectivity index (χ2v) is 7.83. The Morgan fingerprint density at radius 2 is 1.97 bits per heavy atom. The third-order valence-electron chi connectivity index (χ3n) is 6.05. The van der Waals surface area contributed by atoms with Crippen LogP contribution in [0.2, 0.25) is 0 Å². The smallest absolute Gasteiger partial charge is 0.269 e. The lowest BCUT2D eigenvalue weighted by atomic mass is 10.0. The van der Waals surface area contributed by atoms with E-state index in [1.807, 2.05) is 30.5 Å². The van der Waals surface area contributed by atoms with Crippen molar-refractivity contribution in [2.45, 2.75) is 12.5 Å². The number of carbonyl (C=O) groups excluding carboxylic acids is 2. The molecule has 2 aromatic heterocycles. The number of fused-ring (bicyclic) bond motifs is 2. The zero-order valence-electron chi connectivity index (χ0n) is 16.2. The molecule has 1 aromatic carbocycles. The minimum absolute atomic E-state index is 0.141. The maximum Gasteiger partial charge on any atom is 0.269 e. The number of amides is 2. The average molecular weight is 389 g/mol. The fourth-order valence-electron chi connectivity index (χ4n) is 4.42. The lowest BCUT2D eigenvalue weighted by molar-refractivity contribution is 0.0946. The normalized spacial score (nSPS) is 22.3. The summed E-state index contributed by atoms with van der Waals surface area (Å²) < 4.78 is 0. The van der Waals surface area contributed by atoms with Crippen LogP contribution in [-0.2, 0) is 6.42 Å². The molecule has 0 bridgehead atoms. The maximum atomic E-state index is 12.9. The molecule has 0 spiro atoms. The fourth-order valence-corrected chi connectivity index (χ4v) is 4.42. The molecule has 3 aromatic rings. The molecule has 4 N–H and O–H groups in total. The fraction of sp³-hybridized carbons (Fsp3) is 0.318. The van der Waals surface area contributed by atoms with Crippen LogP contribution in [-0.4, -0.2) is 48.0 Å². The van der Waals surface area contributed by atoms with Crippen molar-refractivity contribution in [2.24, 2.45) is 11.8 Å². The van der Waals surface area contributed by atoms with Crippen LogP contribution >= 0.6 is 0 Å². The molecule has 1 aliphatic carbocycles. The van der Waals surface area contributed by atoms with Crippen molar-refractivity contribution in [1.82, 2.24) is 25.9 Å². The van der Waals surface area contributed by atoms with E-state index in [9.17, 15) is 9.59 Å². The number of carbonyl (C=O) groups is 2. The summed E-state index contributed by atoms with van der Waals surface area (Å²) in [5.74, 6) is 0.626. The van der Waals surface area contributed by atoms with Crippen LogP contribution in [0.1, 0.15) is 32.1 Å². The Kier molecular flexibility index (Phi) is 4.32. The molecule has 3 heterocycles. The summed E-state index contributed by atoms with van der Waals surface area (Å²) in [5.41, 5.74) is 3.58. The molecule has 7 nitrogen and oxygen atoms in total. The number of aromatic nitrogens is 2. The van der Waals surface area contributed by atoms with Crippen LogP contribution in [0.5, 0.6) is 0 Å². The molecule has 29 heavy (non-hydrogen) atoms. The average Bonchev–Trinajstić information content (AvgIpc) is 3.14. The van der Waals surface area contributed by atoms with Crippen LogP contribution in [0.4, 0.5) is 0 Å². The summed E-state index contributed by atoms with van der Waals surface area (Å²) in [5, 5.41) is 10.2. The van der Waals surface area contributed by atoms with Crippen LogP contribution in [0.25, 0.3) is 10.9 Å². The van der Waals surface area contributed by atoms with Gasteiger partial charge in [0.25, 0.3) is 11.8 Å². The van der Waals surface area contributed by atoms with E-state index in [-0.39, 0.29) is 23.6 Å². The third kappa shape index (κ3) is 3.27. The highest BCUT2D eigenvalue weighted by Crippen LogP contribution is 2.41. The topological polar surface area (TPSA) is 98.9 Å². The minimum atomic E-state index is -0.298. The molecule has 2 aliphatic rings. The quantitative estimate of drug-likeness (QED) is 0.531. The first-order valence-electron chi connectivity index (χ1n) is 9.93. The van der Waals surface area contributed by atoms with Crippen LogP contribution in [0.3, 0.4) is 0 Å². The van der Waals surface area contributed by atoms with Crippen molar-refractivity contribution < 1.29 is 9.59 Å². The number of nitrogens with zero attached hydrogens (tertiary/aromatic N) is 1. The SMILES string of the molecule is CNC(=O)c1cc(C(=O)N[C@H]2[C@@H]3CNC[C@@H]32)cc(Cc2cccc3[nH]ccc23)n1. The first kappa shape index (κ1) is 17.9. The van der Waals surface area contributed by atoms with E-state index in [4.69, 9.17) is 0 Å². The van der Waals surface area contributed by atoms with Gasteiger partial charge in [0.1, 0.15) is 5.69 Å². The van der Waals surface area contributed by atoms with Crippen molar-refractivity contribution >= 4 is 22.7 Å². The summed E-state index contributed by atoms with van der Waals surface area (Å²) in [7, 11) is 1.56. The van der Waals surface area contributed by atoms with E-state index in [0.717, 1.165) is 29.6 Å². The van der Waals surface area contributed by atoms with E-state index >= 15 is 0 Å². The molecule has 2 fully saturated rings. The predicted molar refractivity (Wildman–Crippen MR) is 110 cm³/mol. The van der Waals surface area contributed by atoms with Crippen LogP contribution < -0.4 is 16.0 Å². The molecule has 148 valence electrons. The number of aromatic amines is 1. The van der Waals surface area contributed by atoms with E-state index in [1.54, 1.807) is 19.2 Å². The molecule has 1 saturated heterocycles. The van der Waals surface area contributed by atoms with Crippen LogP contribution in [0.15, 0.2) is 42.6 Å². The molecular weight excluding hydrogens is 366 g/mol. The van der Waals surface area contributed by atoms with E-state index in [0.29, 0.717) is 29.5 Å². The molecule has 2 amide bonds. The van der Waals surface area contributed by atoms with Gasteiger partial charge in [-0.25, -0.2) is 4.98 Å². The van der Waals surface area contributed by atoms with Gasteiger partial charge in [-0.15, -0.1) is 0 Å². The largest absolute Gasteiger partial charge is 0.361 e. The number of rotatable bonds is 5. The molecule has 1 aliphatic heterocycles. The predicted octanol–water partition coefficient (Wildman–Crippen LogP) is 1.46. The lowest BCUT2D eigenvalue weighted by Gasteiger charge is -2.11. The highest BCUT2D eigenvalue weighted by atomic mass is 16.2. The molecule has 0 unspecified atom stereocenters. The van der Waals surface area contributed by atoms with Gasteiger partial charge in [0.05, 0.1) is 0 Å². The van der Waals surface area contributed by atoms with Gasteiger partial charge in [0.15, 0.2) is 0 Å². The number of hydrogen-bond acceptors (Lipinski definition) is 4. The highest BCUT2D eigenvalue weighted by molar-refractivity contribution is 5.99. The summed E-state index contributed by atoms with van der Waals surface area (Å²) in [6.45, 7) is 1.92. The maximum absolute atomic E-state index is 12.9. The first-order valence-corrected chi connectivity index (χ1v) is 9.93. The number of piperidine rings is 1. The Morgan fingerprint density at radius 3 is 2.76 bits per heavy atom. The van der Waals surface area contributed by atoms with Crippen LogP contribution in [0, 0.1) is 11.8 Å². The van der Waals surface area contributed by atoms with Gasteiger partial charge < -0.3 is 20.9 Å². The van der Waals surface area contributed by atoms with Gasteiger partial charge in [-0.05, 0) is 41.7 Å². The number of H-pyrrole nitrogens is 1. The second kappa shape index (κ2) is 7.00. The number of nitrogens with one attached hydrogen (secondary N) is 4. The Morgan fingerprint density at radius 1 is 1.14 bits per heavy atom. The zero-order chi connectivity index (χ0) is 20.0. The van der Waals surface area contributed by atoms with Gasteiger partial charge in [-0.3, -0.25) is 9.59 Å². The lowest BCUT2D eigenvalue weighted by Crippen LogP contribution is -2.33. The molecular formula is C22H23N5O2. The Hall–Kier alpha value is -3.19. The summed E-state index contributed by atoms with van der Waals surface area (Å²) in [6, 6.07) is 11.7. The molecule has 7 heteroatoms. The molecule has 3 atom stereocenters.